The van der Waals surface area contributed by atoms with Crippen molar-refractivity contribution < 1.29 is 0 Å². The van der Waals surface area contributed by atoms with Gasteiger partial charge in [0.05, 0.1) is 21.6 Å². The minimum Gasteiger partial charge on any atom is -0.325 e. The lowest BCUT2D eigenvalue weighted by atomic mass is 10.0. The van der Waals surface area contributed by atoms with E-state index < -0.39 is 0 Å². The van der Waals surface area contributed by atoms with Crippen molar-refractivity contribution in [2.75, 3.05) is 5.32 Å². The molecular weight excluding hydrogens is 414 g/mol. The first-order valence-electron chi connectivity index (χ1n) is 9.72. The van der Waals surface area contributed by atoms with Crippen molar-refractivity contribution in [3.05, 3.63) is 48.5 Å². The Morgan fingerprint density at radius 1 is 1.23 bits per heavy atom. The Labute approximate surface area is 184 Å². The van der Waals surface area contributed by atoms with Crippen LogP contribution in [0, 0.1) is 12.8 Å². The Kier molecular flexibility index (Phi) is 5.85. The van der Waals surface area contributed by atoms with Crippen molar-refractivity contribution >= 4 is 39.3 Å². The van der Waals surface area contributed by atoms with E-state index in [0.29, 0.717) is 16.0 Å². The summed E-state index contributed by atoms with van der Waals surface area (Å²) >= 11 is 7.05. The molecule has 0 spiro atoms. The normalized spacial score (nSPS) is 12.4. The summed E-state index contributed by atoms with van der Waals surface area (Å²) in [5, 5.41) is 8.19. The fourth-order valence-corrected chi connectivity index (χ4v) is 4.42. The molecule has 0 aromatic carbocycles. The molecule has 9 heteroatoms. The first kappa shape index (κ1) is 20.5. The van der Waals surface area contributed by atoms with E-state index in [0.717, 1.165) is 39.6 Å². The third kappa shape index (κ3) is 4.38. The number of hydrogen-bond acceptors (Lipinski definition) is 7. The Morgan fingerprint density at radius 2 is 2.07 bits per heavy atom. The van der Waals surface area contributed by atoms with E-state index in [-0.39, 0.29) is 6.04 Å². The molecule has 30 heavy (non-hydrogen) atoms. The number of hydrogen-bond donors (Lipinski definition) is 2. The van der Waals surface area contributed by atoms with Gasteiger partial charge >= 0.3 is 0 Å². The number of thiazole rings is 1. The van der Waals surface area contributed by atoms with Gasteiger partial charge in [-0.15, -0.1) is 0 Å². The van der Waals surface area contributed by atoms with Gasteiger partial charge in [0.2, 0.25) is 0 Å². The van der Waals surface area contributed by atoms with Crippen LogP contribution in [0.4, 0.5) is 5.13 Å². The molecule has 7 nitrogen and oxygen atoms in total. The molecular formula is C21H23N7S2. The van der Waals surface area contributed by atoms with E-state index in [1.54, 1.807) is 4.52 Å². The summed E-state index contributed by atoms with van der Waals surface area (Å²) in [4.78, 5) is 15.3. The first-order chi connectivity index (χ1) is 14.4. The summed E-state index contributed by atoms with van der Waals surface area (Å²) in [6, 6.07) is 9.66. The first-order valence-corrected chi connectivity index (χ1v) is 10.9. The number of rotatable bonds is 6. The van der Waals surface area contributed by atoms with Crippen LogP contribution in [-0.4, -0.2) is 35.6 Å². The molecule has 0 saturated heterocycles. The van der Waals surface area contributed by atoms with Crippen molar-refractivity contribution in [2.24, 2.45) is 11.7 Å². The van der Waals surface area contributed by atoms with Gasteiger partial charge < -0.3 is 11.1 Å². The minimum absolute atomic E-state index is 0.209. The fraction of sp³-hybridized carbons (Fsp3) is 0.286. The molecule has 0 aliphatic rings. The lowest BCUT2D eigenvalue weighted by molar-refractivity contribution is 0.562. The molecule has 0 saturated carbocycles. The molecule has 4 aromatic rings. The predicted octanol–water partition coefficient (Wildman–Crippen LogP) is 4.34. The van der Waals surface area contributed by atoms with Gasteiger partial charge in [-0.1, -0.05) is 43.5 Å². The van der Waals surface area contributed by atoms with Crippen LogP contribution < -0.4 is 11.1 Å². The van der Waals surface area contributed by atoms with Crippen LogP contribution in [-0.2, 0) is 0 Å². The van der Waals surface area contributed by atoms with Crippen LogP contribution in [0.3, 0.4) is 0 Å². The van der Waals surface area contributed by atoms with Crippen molar-refractivity contribution in [2.45, 2.75) is 33.2 Å². The number of pyridine rings is 2. The second kappa shape index (κ2) is 8.55. The minimum atomic E-state index is -0.209. The highest BCUT2D eigenvalue weighted by molar-refractivity contribution is 7.80. The smallest absolute Gasteiger partial charge is 0.188 e. The maximum absolute atomic E-state index is 6.25. The number of nitrogens with two attached hydrogens (primary N) is 1. The Balaban J connectivity index is 1.74. The molecule has 0 bridgehead atoms. The summed E-state index contributed by atoms with van der Waals surface area (Å²) in [6.07, 6.45) is 4.30. The van der Waals surface area contributed by atoms with Crippen LogP contribution in [0.2, 0.25) is 0 Å². The summed E-state index contributed by atoms with van der Waals surface area (Å²) in [5.74, 6) is 0.466. The molecule has 4 heterocycles. The SMILES string of the molecule is Cc1cccc(-c2nc(NC(=S)[C@@H](N)CC(C)C)sc2-c2ccc3ncnn3c2)n1. The van der Waals surface area contributed by atoms with Crippen LogP contribution >= 0.6 is 23.6 Å². The molecule has 0 aliphatic carbocycles. The van der Waals surface area contributed by atoms with Gasteiger partial charge in [0.15, 0.2) is 10.8 Å². The van der Waals surface area contributed by atoms with Gasteiger partial charge in [-0.25, -0.2) is 14.5 Å². The predicted molar refractivity (Wildman–Crippen MR) is 126 cm³/mol. The average Bonchev–Trinajstić information content (AvgIpc) is 3.33. The van der Waals surface area contributed by atoms with E-state index in [1.807, 2.05) is 43.5 Å². The topological polar surface area (TPSA) is 94.0 Å². The van der Waals surface area contributed by atoms with Crippen LogP contribution in [0.1, 0.15) is 26.0 Å². The van der Waals surface area contributed by atoms with E-state index >= 15 is 0 Å². The number of aryl methyl sites for hydroxylation is 1. The van der Waals surface area contributed by atoms with Crippen molar-refractivity contribution in [3.8, 4) is 21.8 Å². The lowest BCUT2D eigenvalue weighted by Gasteiger charge is -2.15. The fourth-order valence-electron chi connectivity index (χ4n) is 3.18. The zero-order chi connectivity index (χ0) is 21.3. The molecule has 4 aromatic heterocycles. The monoisotopic (exact) mass is 437 g/mol. The van der Waals surface area contributed by atoms with Gasteiger partial charge in [-0.2, -0.15) is 5.10 Å². The largest absolute Gasteiger partial charge is 0.325 e. The van der Waals surface area contributed by atoms with E-state index in [1.165, 1.54) is 17.7 Å². The van der Waals surface area contributed by atoms with E-state index in [2.05, 4.69) is 34.2 Å². The van der Waals surface area contributed by atoms with Gasteiger partial charge in [0.25, 0.3) is 0 Å². The lowest BCUT2D eigenvalue weighted by Crippen LogP contribution is -2.35. The summed E-state index contributed by atoms with van der Waals surface area (Å²) in [7, 11) is 0. The average molecular weight is 438 g/mol. The third-order valence-electron chi connectivity index (χ3n) is 4.59. The Hall–Kier alpha value is -2.75. The summed E-state index contributed by atoms with van der Waals surface area (Å²) < 4.78 is 1.75. The zero-order valence-corrected chi connectivity index (χ0v) is 18.7. The van der Waals surface area contributed by atoms with Crippen LogP contribution in [0.25, 0.3) is 27.5 Å². The maximum Gasteiger partial charge on any atom is 0.188 e. The zero-order valence-electron chi connectivity index (χ0n) is 17.0. The number of nitrogens with one attached hydrogen (secondary N) is 1. The van der Waals surface area contributed by atoms with Crippen molar-refractivity contribution in [1.29, 1.82) is 0 Å². The molecule has 0 amide bonds. The number of nitrogens with zero attached hydrogens (tertiary/aromatic N) is 5. The molecule has 0 fully saturated rings. The highest BCUT2D eigenvalue weighted by Crippen LogP contribution is 2.38. The molecule has 0 unspecified atom stereocenters. The second-order valence-electron chi connectivity index (χ2n) is 7.57. The van der Waals surface area contributed by atoms with Gasteiger partial charge in [0, 0.05) is 17.5 Å². The highest BCUT2D eigenvalue weighted by Gasteiger charge is 2.19. The number of aromatic nitrogens is 5. The highest BCUT2D eigenvalue weighted by atomic mass is 32.1. The second-order valence-corrected chi connectivity index (χ2v) is 9.01. The quantitative estimate of drug-likeness (QED) is 0.433. The third-order valence-corrected chi connectivity index (χ3v) is 6.01. The number of anilines is 1. The van der Waals surface area contributed by atoms with E-state index in [4.69, 9.17) is 22.9 Å². The van der Waals surface area contributed by atoms with Gasteiger partial charge in [0.1, 0.15) is 12.0 Å². The van der Waals surface area contributed by atoms with Crippen LogP contribution in [0.15, 0.2) is 42.9 Å². The number of fused-ring (bicyclic) bond motifs is 1. The number of thiocarbonyl (C=S) groups is 1. The van der Waals surface area contributed by atoms with Gasteiger partial charge in [-0.3, -0.25) is 4.98 Å². The molecule has 3 N–H and O–H groups in total. The molecule has 4 rings (SSSR count). The Bertz CT molecular complexity index is 1200. The van der Waals surface area contributed by atoms with Gasteiger partial charge in [-0.05, 0) is 43.5 Å². The van der Waals surface area contributed by atoms with Crippen molar-refractivity contribution in [1.82, 2.24) is 24.6 Å². The Morgan fingerprint density at radius 3 is 2.83 bits per heavy atom. The van der Waals surface area contributed by atoms with E-state index in [9.17, 15) is 0 Å². The summed E-state index contributed by atoms with van der Waals surface area (Å²) in [5.41, 5.74) is 10.6. The maximum atomic E-state index is 6.25. The molecule has 1 atom stereocenters. The molecule has 0 aliphatic heterocycles. The van der Waals surface area contributed by atoms with Crippen molar-refractivity contribution in [3.63, 3.8) is 0 Å². The summed E-state index contributed by atoms with van der Waals surface area (Å²) in [6.45, 7) is 6.23. The molecule has 154 valence electrons. The molecule has 0 radical (unpaired) electrons. The van der Waals surface area contributed by atoms with Crippen LogP contribution in [0.5, 0.6) is 0 Å². The standard InChI is InChI=1S/C21H23N7S2/c1-12(2)9-15(22)20(29)27-21-26-18(16-6-4-5-13(3)25-16)19(30-21)14-7-8-17-23-11-24-28(17)10-14/h4-8,10-12,15H,9,22H2,1-3H3,(H,26,27,29)/t15-/m0/s1.